The lowest BCUT2D eigenvalue weighted by Gasteiger charge is -2.34. The van der Waals surface area contributed by atoms with Gasteiger partial charge < -0.3 is 10.2 Å². The third kappa shape index (κ3) is 3.26. The quantitative estimate of drug-likeness (QED) is 0.864. The molecular formula is C14H17ClN2O2. The molecule has 19 heavy (non-hydrogen) atoms. The highest BCUT2D eigenvalue weighted by Gasteiger charge is 2.22. The minimum Gasteiger partial charge on any atom is -0.371 e. The molecule has 0 unspecified atom stereocenters. The Kier molecular flexibility index (Phi) is 4.43. The molecule has 102 valence electrons. The first-order chi connectivity index (χ1) is 9.11. The monoisotopic (exact) mass is 280 g/mol. The average molecular weight is 281 g/mol. The maximum atomic E-state index is 11.1. The second-order valence-corrected chi connectivity index (χ2v) is 5.16. The van der Waals surface area contributed by atoms with Gasteiger partial charge in [0, 0.05) is 31.7 Å². The first-order valence-electron chi connectivity index (χ1n) is 6.37. The van der Waals surface area contributed by atoms with Crippen molar-refractivity contribution in [2.24, 2.45) is 0 Å². The molecular weight excluding hydrogens is 264 g/mol. The smallest absolute Gasteiger partial charge is 0.217 e. The summed E-state index contributed by atoms with van der Waals surface area (Å²) in [5.74, 6) is 0.00906. The van der Waals surface area contributed by atoms with Crippen LogP contribution in [0.15, 0.2) is 18.2 Å². The van der Waals surface area contributed by atoms with Gasteiger partial charge in [-0.25, -0.2) is 0 Å². The Bertz CT molecular complexity index is 482. The third-order valence-corrected chi connectivity index (χ3v) is 3.72. The predicted molar refractivity (Wildman–Crippen MR) is 75.9 cm³/mol. The number of nitrogens with one attached hydrogen (secondary N) is 1. The molecule has 1 aliphatic heterocycles. The van der Waals surface area contributed by atoms with Gasteiger partial charge in [-0.2, -0.15) is 0 Å². The highest BCUT2D eigenvalue weighted by atomic mass is 35.5. The van der Waals surface area contributed by atoms with E-state index in [9.17, 15) is 9.59 Å². The van der Waals surface area contributed by atoms with Crippen LogP contribution in [0.5, 0.6) is 0 Å². The van der Waals surface area contributed by atoms with E-state index in [1.807, 2.05) is 12.1 Å². The molecule has 1 amide bonds. The van der Waals surface area contributed by atoms with Gasteiger partial charge in [0.2, 0.25) is 5.91 Å². The average Bonchev–Trinajstić information content (AvgIpc) is 2.38. The van der Waals surface area contributed by atoms with E-state index < -0.39 is 0 Å². The van der Waals surface area contributed by atoms with Crippen molar-refractivity contribution in [1.82, 2.24) is 5.32 Å². The lowest BCUT2D eigenvalue weighted by Crippen LogP contribution is -2.44. The molecule has 0 aromatic heterocycles. The number of hydrogen-bond acceptors (Lipinski definition) is 3. The van der Waals surface area contributed by atoms with Crippen LogP contribution in [-0.2, 0) is 4.79 Å². The van der Waals surface area contributed by atoms with Crippen LogP contribution in [0.2, 0.25) is 5.02 Å². The number of carbonyl (C=O) groups is 2. The molecule has 1 N–H and O–H groups in total. The van der Waals surface area contributed by atoms with Gasteiger partial charge in [0.15, 0.2) is 6.29 Å². The Morgan fingerprint density at radius 3 is 2.68 bits per heavy atom. The molecule has 1 aliphatic rings. The zero-order chi connectivity index (χ0) is 13.8. The van der Waals surface area contributed by atoms with Crippen LogP contribution in [0.3, 0.4) is 0 Å². The Morgan fingerprint density at radius 2 is 2.11 bits per heavy atom. The van der Waals surface area contributed by atoms with Crippen molar-refractivity contribution in [3.63, 3.8) is 0 Å². The minimum atomic E-state index is 0.00906. The summed E-state index contributed by atoms with van der Waals surface area (Å²) in [6.45, 7) is 3.16. The lowest BCUT2D eigenvalue weighted by atomic mass is 10.0. The number of hydrogen-bond donors (Lipinski definition) is 1. The molecule has 1 heterocycles. The molecule has 0 aliphatic carbocycles. The summed E-state index contributed by atoms with van der Waals surface area (Å²) in [4.78, 5) is 24.3. The molecule has 4 nitrogen and oxygen atoms in total. The second-order valence-electron chi connectivity index (χ2n) is 4.75. The van der Waals surface area contributed by atoms with E-state index in [0.717, 1.165) is 37.9 Å². The Morgan fingerprint density at radius 1 is 1.42 bits per heavy atom. The Balaban J connectivity index is 2.07. The summed E-state index contributed by atoms with van der Waals surface area (Å²) in [5.41, 5.74) is 1.42. The van der Waals surface area contributed by atoms with Crippen LogP contribution in [0.1, 0.15) is 30.1 Å². The topological polar surface area (TPSA) is 49.4 Å². The summed E-state index contributed by atoms with van der Waals surface area (Å²) in [6, 6.07) is 5.71. The van der Waals surface area contributed by atoms with Gasteiger partial charge in [-0.1, -0.05) is 17.7 Å². The first-order valence-corrected chi connectivity index (χ1v) is 6.75. The van der Waals surface area contributed by atoms with Crippen LogP contribution in [0.25, 0.3) is 0 Å². The van der Waals surface area contributed by atoms with Crippen LogP contribution >= 0.6 is 11.6 Å². The molecule has 0 bridgehead atoms. The molecule has 5 heteroatoms. The van der Waals surface area contributed by atoms with Crippen molar-refractivity contribution in [1.29, 1.82) is 0 Å². The van der Waals surface area contributed by atoms with Gasteiger partial charge in [-0.15, -0.1) is 0 Å². The Hall–Kier alpha value is -1.55. The number of halogens is 1. The van der Waals surface area contributed by atoms with Gasteiger partial charge in [0.25, 0.3) is 0 Å². The van der Waals surface area contributed by atoms with Gasteiger partial charge in [0.1, 0.15) is 0 Å². The number of amides is 1. The fourth-order valence-corrected chi connectivity index (χ4v) is 2.68. The van der Waals surface area contributed by atoms with Crippen molar-refractivity contribution >= 4 is 29.5 Å². The summed E-state index contributed by atoms with van der Waals surface area (Å²) in [7, 11) is 0. The summed E-state index contributed by atoms with van der Waals surface area (Å²) >= 11 is 6.03. The molecule has 0 saturated carbocycles. The fourth-order valence-electron chi connectivity index (χ4n) is 2.47. The van der Waals surface area contributed by atoms with Crippen molar-refractivity contribution in [3.8, 4) is 0 Å². The molecule has 1 saturated heterocycles. The van der Waals surface area contributed by atoms with Gasteiger partial charge in [0.05, 0.1) is 10.6 Å². The molecule has 1 aromatic carbocycles. The van der Waals surface area contributed by atoms with E-state index in [1.165, 1.54) is 6.92 Å². The van der Waals surface area contributed by atoms with Crippen molar-refractivity contribution < 1.29 is 9.59 Å². The first kappa shape index (κ1) is 13.9. The van der Waals surface area contributed by atoms with E-state index in [1.54, 1.807) is 6.07 Å². The lowest BCUT2D eigenvalue weighted by molar-refractivity contribution is -0.119. The third-order valence-electron chi connectivity index (χ3n) is 3.39. The Labute approximate surface area is 117 Å². The number of aldehydes is 1. The van der Waals surface area contributed by atoms with Crippen molar-refractivity contribution in [3.05, 3.63) is 28.8 Å². The fraction of sp³-hybridized carbons (Fsp3) is 0.429. The van der Waals surface area contributed by atoms with E-state index in [-0.39, 0.29) is 11.9 Å². The standard InChI is InChI=1S/C14H17ClN2O2/c1-10(19)16-11-5-7-17(8-6-11)14-4-2-3-13(15)12(14)9-18/h2-4,9,11H,5-8H2,1H3,(H,16,19). The molecule has 0 radical (unpaired) electrons. The van der Waals surface area contributed by atoms with Crippen molar-refractivity contribution in [2.45, 2.75) is 25.8 Å². The van der Waals surface area contributed by atoms with E-state index >= 15 is 0 Å². The highest BCUT2D eigenvalue weighted by molar-refractivity contribution is 6.33. The van der Waals surface area contributed by atoms with Crippen LogP contribution in [0, 0.1) is 0 Å². The number of piperidine rings is 1. The summed E-state index contributed by atoms with van der Waals surface area (Å²) in [6.07, 6.45) is 2.56. The van der Waals surface area contributed by atoms with E-state index in [4.69, 9.17) is 11.6 Å². The molecule has 2 rings (SSSR count). The SMILES string of the molecule is CC(=O)NC1CCN(c2cccc(Cl)c2C=O)CC1. The van der Waals surface area contributed by atoms with E-state index in [0.29, 0.717) is 10.6 Å². The molecule has 1 fully saturated rings. The van der Waals surface area contributed by atoms with Gasteiger partial charge in [-0.3, -0.25) is 9.59 Å². The summed E-state index contributed by atoms with van der Waals surface area (Å²) < 4.78 is 0. The largest absolute Gasteiger partial charge is 0.371 e. The number of anilines is 1. The van der Waals surface area contributed by atoms with Crippen LogP contribution < -0.4 is 10.2 Å². The molecule has 0 atom stereocenters. The normalized spacial score (nSPS) is 16.2. The number of rotatable bonds is 3. The summed E-state index contributed by atoms with van der Waals surface area (Å²) in [5, 5.41) is 3.42. The molecule has 0 spiro atoms. The maximum absolute atomic E-state index is 11.1. The minimum absolute atomic E-state index is 0.00906. The van der Waals surface area contributed by atoms with Crippen LogP contribution in [-0.4, -0.2) is 31.3 Å². The number of carbonyl (C=O) groups excluding carboxylic acids is 2. The van der Waals surface area contributed by atoms with Gasteiger partial charge >= 0.3 is 0 Å². The zero-order valence-corrected chi connectivity index (χ0v) is 11.6. The number of nitrogens with zero attached hydrogens (tertiary/aromatic N) is 1. The second kappa shape index (κ2) is 6.06. The number of benzene rings is 1. The van der Waals surface area contributed by atoms with Crippen molar-refractivity contribution in [2.75, 3.05) is 18.0 Å². The molecule has 1 aromatic rings. The van der Waals surface area contributed by atoms with Crippen LogP contribution in [0.4, 0.5) is 5.69 Å². The zero-order valence-electron chi connectivity index (χ0n) is 10.9. The van der Waals surface area contributed by atoms with Gasteiger partial charge in [-0.05, 0) is 25.0 Å². The highest BCUT2D eigenvalue weighted by Crippen LogP contribution is 2.28. The van der Waals surface area contributed by atoms with E-state index in [2.05, 4.69) is 10.2 Å². The maximum Gasteiger partial charge on any atom is 0.217 e. The predicted octanol–water partition coefficient (Wildman–Crippen LogP) is 2.26.